The Bertz CT molecular complexity index is 495. The van der Waals surface area contributed by atoms with Crippen molar-refractivity contribution in [3.8, 4) is 0 Å². The molecule has 2 heterocycles. The zero-order chi connectivity index (χ0) is 13.0. The summed E-state index contributed by atoms with van der Waals surface area (Å²) in [7, 11) is 0. The molecule has 0 aliphatic heterocycles. The maximum Gasteiger partial charge on any atom is 0.0875 e. The van der Waals surface area contributed by atoms with Gasteiger partial charge in [-0.15, -0.1) is 11.3 Å². The molecule has 1 unspecified atom stereocenters. The molecule has 0 saturated carbocycles. The zero-order valence-electron chi connectivity index (χ0n) is 10.5. The largest absolute Gasteiger partial charge is 0.304 e. The van der Waals surface area contributed by atoms with Gasteiger partial charge in [-0.05, 0) is 31.3 Å². The van der Waals surface area contributed by atoms with Crippen molar-refractivity contribution in [1.82, 2.24) is 15.3 Å². The molecule has 0 aliphatic carbocycles. The van der Waals surface area contributed by atoms with E-state index in [1.807, 2.05) is 24.6 Å². The number of halogens is 1. The normalized spacial score (nSPS) is 12.6. The lowest BCUT2D eigenvalue weighted by molar-refractivity contribution is 0.591. The molecule has 0 radical (unpaired) electrons. The molecule has 5 heteroatoms. The molecule has 0 bridgehead atoms. The first-order valence-electron chi connectivity index (χ1n) is 5.97. The maximum absolute atomic E-state index is 6.22. The summed E-state index contributed by atoms with van der Waals surface area (Å²) in [6.07, 6.45) is 4.68. The van der Waals surface area contributed by atoms with Crippen LogP contribution in [0, 0.1) is 6.92 Å². The van der Waals surface area contributed by atoms with Crippen LogP contribution in [0.15, 0.2) is 23.8 Å². The van der Waals surface area contributed by atoms with E-state index in [4.69, 9.17) is 11.6 Å². The molecule has 0 amide bonds. The van der Waals surface area contributed by atoms with Crippen molar-refractivity contribution in [1.29, 1.82) is 0 Å². The highest BCUT2D eigenvalue weighted by atomic mass is 35.5. The van der Waals surface area contributed by atoms with Gasteiger partial charge in [0.1, 0.15) is 0 Å². The Morgan fingerprint density at radius 1 is 1.39 bits per heavy atom. The van der Waals surface area contributed by atoms with E-state index in [9.17, 15) is 0 Å². The molecule has 1 N–H and O–H groups in total. The predicted molar refractivity (Wildman–Crippen MR) is 76.2 cm³/mol. The molecule has 0 spiro atoms. The van der Waals surface area contributed by atoms with Crippen molar-refractivity contribution in [3.63, 3.8) is 0 Å². The Labute approximate surface area is 116 Å². The van der Waals surface area contributed by atoms with Gasteiger partial charge in [0.05, 0.1) is 28.6 Å². The molecule has 18 heavy (non-hydrogen) atoms. The van der Waals surface area contributed by atoms with Crippen molar-refractivity contribution in [3.05, 3.63) is 45.1 Å². The van der Waals surface area contributed by atoms with Gasteiger partial charge < -0.3 is 5.32 Å². The quantitative estimate of drug-likeness (QED) is 0.910. The molecule has 0 saturated heterocycles. The minimum Gasteiger partial charge on any atom is -0.304 e. The van der Waals surface area contributed by atoms with E-state index in [2.05, 4.69) is 22.2 Å². The summed E-state index contributed by atoms with van der Waals surface area (Å²) in [6, 6.07) is 1.95. The lowest BCUT2D eigenvalue weighted by Gasteiger charge is -2.17. The van der Waals surface area contributed by atoms with Crippen molar-refractivity contribution in [2.45, 2.75) is 26.3 Å². The van der Waals surface area contributed by atoms with Crippen LogP contribution >= 0.6 is 22.9 Å². The third kappa shape index (κ3) is 3.07. The van der Waals surface area contributed by atoms with Gasteiger partial charge in [-0.3, -0.25) is 9.97 Å². The average Bonchev–Trinajstić information content (AvgIpc) is 2.78. The van der Waals surface area contributed by atoms with Crippen LogP contribution in [-0.4, -0.2) is 16.5 Å². The maximum atomic E-state index is 6.22. The topological polar surface area (TPSA) is 37.8 Å². The van der Waals surface area contributed by atoms with Crippen LogP contribution in [0.25, 0.3) is 0 Å². The highest BCUT2D eigenvalue weighted by Gasteiger charge is 2.19. The summed E-state index contributed by atoms with van der Waals surface area (Å²) in [5.74, 6) is 0. The van der Waals surface area contributed by atoms with E-state index in [1.165, 1.54) is 0 Å². The first-order valence-corrected chi connectivity index (χ1v) is 7.23. The molecule has 0 aromatic carbocycles. The molecular weight excluding hydrogens is 266 g/mol. The SMILES string of the molecule is CCCNC(c1cnc(C)cn1)c1sccc1Cl. The van der Waals surface area contributed by atoms with Gasteiger partial charge in [0, 0.05) is 11.1 Å². The van der Waals surface area contributed by atoms with Crippen LogP contribution in [0.2, 0.25) is 5.02 Å². The molecule has 96 valence electrons. The van der Waals surface area contributed by atoms with Crippen LogP contribution in [0.1, 0.15) is 35.7 Å². The molecule has 0 aliphatic rings. The van der Waals surface area contributed by atoms with Crippen molar-refractivity contribution < 1.29 is 0 Å². The summed E-state index contributed by atoms with van der Waals surface area (Å²) in [4.78, 5) is 9.86. The zero-order valence-corrected chi connectivity index (χ0v) is 12.1. The summed E-state index contributed by atoms with van der Waals surface area (Å²) < 4.78 is 0. The van der Waals surface area contributed by atoms with Gasteiger partial charge >= 0.3 is 0 Å². The number of nitrogens with one attached hydrogen (secondary N) is 1. The van der Waals surface area contributed by atoms with Crippen LogP contribution in [0.4, 0.5) is 0 Å². The van der Waals surface area contributed by atoms with Crippen molar-refractivity contribution in [2.24, 2.45) is 0 Å². The number of aryl methyl sites for hydroxylation is 1. The molecule has 2 aromatic rings. The second-order valence-electron chi connectivity index (χ2n) is 4.10. The summed E-state index contributed by atoms with van der Waals surface area (Å²) in [6.45, 7) is 5.00. The third-order valence-corrected chi connectivity index (χ3v) is 4.03. The summed E-state index contributed by atoms with van der Waals surface area (Å²) in [5, 5.41) is 6.26. The monoisotopic (exact) mass is 281 g/mol. The van der Waals surface area contributed by atoms with Crippen LogP contribution in [-0.2, 0) is 0 Å². The van der Waals surface area contributed by atoms with Gasteiger partial charge in [-0.1, -0.05) is 18.5 Å². The first-order chi connectivity index (χ1) is 8.72. The Morgan fingerprint density at radius 3 is 2.78 bits per heavy atom. The van der Waals surface area contributed by atoms with E-state index in [1.54, 1.807) is 17.5 Å². The van der Waals surface area contributed by atoms with Crippen molar-refractivity contribution in [2.75, 3.05) is 6.54 Å². The number of nitrogens with zero attached hydrogens (tertiary/aromatic N) is 2. The van der Waals surface area contributed by atoms with E-state index in [0.717, 1.165) is 34.3 Å². The second-order valence-corrected chi connectivity index (χ2v) is 5.46. The second kappa shape index (κ2) is 6.27. The number of aromatic nitrogens is 2. The van der Waals surface area contributed by atoms with E-state index < -0.39 is 0 Å². The molecule has 0 fully saturated rings. The minimum atomic E-state index is 0.0329. The third-order valence-electron chi connectivity index (χ3n) is 2.60. The Balaban J connectivity index is 2.30. The van der Waals surface area contributed by atoms with Crippen LogP contribution in [0.3, 0.4) is 0 Å². The molecular formula is C13H16ClN3S. The average molecular weight is 282 g/mol. The van der Waals surface area contributed by atoms with Gasteiger partial charge in [0.25, 0.3) is 0 Å². The van der Waals surface area contributed by atoms with E-state index in [0.29, 0.717) is 0 Å². The fourth-order valence-electron chi connectivity index (χ4n) is 1.68. The number of hydrogen-bond donors (Lipinski definition) is 1. The Morgan fingerprint density at radius 2 is 2.22 bits per heavy atom. The minimum absolute atomic E-state index is 0.0329. The Kier molecular flexibility index (Phi) is 4.69. The van der Waals surface area contributed by atoms with Crippen LogP contribution < -0.4 is 5.32 Å². The molecule has 2 rings (SSSR count). The smallest absolute Gasteiger partial charge is 0.0875 e. The number of hydrogen-bond acceptors (Lipinski definition) is 4. The number of rotatable bonds is 5. The lowest BCUT2D eigenvalue weighted by Crippen LogP contribution is -2.23. The van der Waals surface area contributed by atoms with Gasteiger partial charge in [0.15, 0.2) is 0 Å². The first kappa shape index (κ1) is 13.5. The summed E-state index contributed by atoms with van der Waals surface area (Å²) in [5.41, 5.74) is 1.84. The summed E-state index contributed by atoms with van der Waals surface area (Å²) >= 11 is 7.86. The van der Waals surface area contributed by atoms with E-state index >= 15 is 0 Å². The van der Waals surface area contributed by atoms with Crippen LogP contribution in [0.5, 0.6) is 0 Å². The lowest BCUT2D eigenvalue weighted by atomic mass is 10.1. The fraction of sp³-hybridized carbons (Fsp3) is 0.385. The van der Waals surface area contributed by atoms with Gasteiger partial charge in [-0.25, -0.2) is 0 Å². The highest BCUT2D eigenvalue weighted by molar-refractivity contribution is 7.10. The molecule has 2 aromatic heterocycles. The fourth-order valence-corrected chi connectivity index (χ4v) is 2.94. The van der Waals surface area contributed by atoms with Gasteiger partial charge in [0.2, 0.25) is 0 Å². The number of thiophene rings is 1. The molecule has 1 atom stereocenters. The van der Waals surface area contributed by atoms with E-state index in [-0.39, 0.29) is 6.04 Å². The van der Waals surface area contributed by atoms with Gasteiger partial charge in [-0.2, -0.15) is 0 Å². The highest BCUT2D eigenvalue weighted by Crippen LogP contribution is 2.31. The predicted octanol–water partition coefficient (Wildman–Crippen LogP) is 3.59. The standard InChI is InChI=1S/C13H16ClN3S/c1-3-5-15-12(13-10(14)4-6-18-13)11-8-16-9(2)7-17-11/h4,6-8,12,15H,3,5H2,1-2H3. The molecule has 3 nitrogen and oxygen atoms in total. The van der Waals surface area contributed by atoms with Crippen molar-refractivity contribution >= 4 is 22.9 Å². The Hall–Kier alpha value is -0.970.